The zero-order valence-corrected chi connectivity index (χ0v) is 7.89. The number of thiazole rings is 1. The molecular formula is C10H6F2NS. The van der Waals surface area contributed by atoms with Gasteiger partial charge in [-0.25, -0.2) is 4.98 Å². The Kier molecular flexibility index (Phi) is 2.29. The molecule has 1 aromatic heterocycles. The number of benzene rings is 1. The zero-order chi connectivity index (χ0) is 10.0. The maximum atomic E-state index is 13.6. The molecule has 0 amide bonds. The molecule has 0 spiro atoms. The van der Waals surface area contributed by atoms with Crippen LogP contribution >= 0.6 is 11.3 Å². The van der Waals surface area contributed by atoms with Gasteiger partial charge in [-0.05, 0) is 0 Å². The molecule has 1 nitrogen and oxygen atoms in total. The lowest BCUT2D eigenvalue weighted by molar-refractivity contribution is 0.0386. The van der Waals surface area contributed by atoms with E-state index in [1.807, 2.05) is 0 Å². The van der Waals surface area contributed by atoms with Crippen molar-refractivity contribution in [3.05, 3.63) is 52.5 Å². The summed E-state index contributed by atoms with van der Waals surface area (Å²) >= 11 is 1.05. The van der Waals surface area contributed by atoms with Crippen LogP contribution in [0.1, 0.15) is 11.3 Å². The highest BCUT2D eigenvalue weighted by atomic mass is 32.1. The Labute approximate surface area is 84.0 Å². The molecule has 1 radical (unpaired) electrons. The molecule has 0 fully saturated rings. The first-order valence-electron chi connectivity index (χ1n) is 3.96. The number of aromatic nitrogens is 1. The summed E-state index contributed by atoms with van der Waals surface area (Å²) < 4.78 is 27.3. The van der Waals surface area contributed by atoms with E-state index in [9.17, 15) is 8.78 Å². The molecule has 0 atom stereocenters. The van der Waals surface area contributed by atoms with Gasteiger partial charge in [0.15, 0.2) is 5.51 Å². The van der Waals surface area contributed by atoms with Crippen LogP contribution in [0.3, 0.4) is 0 Å². The van der Waals surface area contributed by atoms with Crippen LogP contribution in [-0.4, -0.2) is 4.98 Å². The average Bonchev–Trinajstić information content (AvgIpc) is 2.72. The fourth-order valence-electron chi connectivity index (χ4n) is 1.12. The summed E-state index contributed by atoms with van der Waals surface area (Å²) in [5, 5.41) is 1.31. The van der Waals surface area contributed by atoms with Gasteiger partial charge in [-0.1, -0.05) is 30.3 Å². The van der Waals surface area contributed by atoms with E-state index in [2.05, 4.69) is 10.5 Å². The van der Waals surface area contributed by atoms with E-state index in [0.29, 0.717) is 0 Å². The molecule has 0 aliphatic rings. The third-order valence-corrected chi connectivity index (χ3v) is 2.39. The molecule has 0 unspecified atom stereocenters. The molecule has 71 valence electrons. The van der Waals surface area contributed by atoms with Crippen LogP contribution in [-0.2, 0) is 5.92 Å². The van der Waals surface area contributed by atoms with Crippen molar-refractivity contribution in [2.24, 2.45) is 0 Å². The molecule has 0 aliphatic heterocycles. The fraction of sp³-hybridized carbons (Fsp3) is 0.100. The van der Waals surface area contributed by atoms with E-state index in [-0.39, 0.29) is 11.3 Å². The van der Waals surface area contributed by atoms with Crippen LogP contribution in [0.15, 0.2) is 35.7 Å². The summed E-state index contributed by atoms with van der Waals surface area (Å²) in [6.45, 7) is 0. The minimum absolute atomic E-state index is 0.0423. The quantitative estimate of drug-likeness (QED) is 0.742. The molecule has 1 aromatic carbocycles. The molecule has 14 heavy (non-hydrogen) atoms. The van der Waals surface area contributed by atoms with Crippen molar-refractivity contribution in [1.82, 2.24) is 4.98 Å². The molecule has 0 N–H and O–H groups in total. The Hall–Kier alpha value is -1.29. The lowest BCUT2D eigenvalue weighted by Crippen LogP contribution is -2.15. The van der Waals surface area contributed by atoms with Crippen LogP contribution in [0, 0.1) is 5.51 Å². The second-order valence-corrected chi connectivity index (χ2v) is 3.42. The lowest BCUT2D eigenvalue weighted by Gasteiger charge is -2.13. The normalized spacial score (nSPS) is 11.6. The number of hydrogen-bond donors (Lipinski definition) is 0. The summed E-state index contributed by atoms with van der Waals surface area (Å²) in [5.74, 6) is -3.02. The van der Waals surface area contributed by atoms with Crippen molar-refractivity contribution < 1.29 is 8.78 Å². The van der Waals surface area contributed by atoms with E-state index in [1.165, 1.54) is 17.5 Å². The Morgan fingerprint density at radius 3 is 2.50 bits per heavy atom. The Morgan fingerprint density at radius 1 is 1.21 bits per heavy atom. The largest absolute Gasteiger partial charge is 0.315 e. The van der Waals surface area contributed by atoms with Crippen LogP contribution in [0.4, 0.5) is 8.78 Å². The molecular weight excluding hydrogens is 204 g/mol. The predicted octanol–water partition coefficient (Wildman–Crippen LogP) is 3.08. The van der Waals surface area contributed by atoms with Crippen molar-refractivity contribution in [2.45, 2.75) is 5.92 Å². The van der Waals surface area contributed by atoms with Gasteiger partial charge in [-0.15, -0.1) is 11.3 Å². The topological polar surface area (TPSA) is 12.9 Å². The number of alkyl halides is 2. The highest BCUT2D eigenvalue weighted by Gasteiger charge is 2.35. The summed E-state index contributed by atoms with van der Waals surface area (Å²) in [6.07, 6.45) is 0. The molecule has 1 heterocycles. The Morgan fingerprint density at radius 2 is 1.93 bits per heavy atom. The second-order valence-electron chi connectivity index (χ2n) is 2.76. The maximum Gasteiger partial charge on any atom is 0.315 e. The first kappa shape index (κ1) is 9.27. The van der Waals surface area contributed by atoms with E-state index in [0.717, 1.165) is 11.3 Å². The molecule has 0 aliphatic carbocycles. The van der Waals surface area contributed by atoms with Gasteiger partial charge in [0.2, 0.25) is 0 Å². The number of hydrogen-bond acceptors (Lipinski definition) is 2. The third-order valence-electron chi connectivity index (χ3n) is 1.85. The zero-order valence-electron chi connectivity index (χ0n) is 7.08. The van der Waals surface area contributed by atoms with E-state index < -0.39 is 5.92 Å². The van der Waals surface area contributed by atoms with Crippen molar-refractivity contribution in [3.63, 3.8) is 0 Å². The number of halogens is 2. The van der Waals surface area contributed by atoms with Gasteiger partial charge in [0.25, 0.3) is 0 Å². The number of rotatable bonds is 2. The highest BCUT2D eigenvalue weighted by Crippen LogP contribution is 2.34. The predicted molar refractivity (Wildman–Crippen MR) is 50.4 cm³/mol. The fourth-order valence-corrected chi connectivity index (χ4v) is 1.64. The van der Waals surface area contributed by atoms with E-state index in [4.69, 9.17) is 0 Å². The van der Waals surface area contributed by atoms with Gasteiger partial charge in [0.05, 0.1) is 0 Å². The summed E-state index contributed by atoms with van der Waals surface area (Å²) in [5.41, 5.74) is 2.13. The standard InChI is InChI=1S/C10H6F2NS/c11-10(12,9-6-14-7-13-9)8-4-2-1-3-5-8/h1-6H. The minimum atomic E-state index is -3.02. The van der Waals surface area contributed by atoms with Crippen molar-refractivity contribution in [1.29, 1.82) is 0 Å². The van der Waals surface area contributed by atoms with Crippen molar-refractivity contribution in [2.75, 3.05) is 0 Å². The SMILES string of the molecule is FC(F)(c1ccccc1)c1cs[c]n1. The first-order valence-corrected chi connectivity index (χ1v) is 4.84. The smallest absolute Gasteiger partial charge is 0.232 e. The highest BCUT2D eigenvalue weighted by molar-refractivity contribution is 7.07. The summed E-state index contributed by atoms with van der Waals surface area (Å²) in [7, 11) is 0. The van der Waals surface area contributed by atoms with Gasteiger partial charge in [-0.2, -0.15) is 8.78 Å². The summed E-state index contributed by atoms with van der Waals surface area (Å²) in [4.78, 5) is 3.51. The molecule has 0 bridgehead atoms. The van der Waals surface area contributed by atoms with Crippen LogP contribution in [0.25, 0.3) is 0 Å². The Balaban J connectivity index is 2.43. The van der Waals surface area contributed by atoms with Gasteiger partial charge in [-0.3, -0.25) is 0 Å². The number of nitrogens with zero attached hydrogens (tertiary/aromatic N) is 1. The first-order chi connectivity index (χ1) is 6.71. The third kappa shape index (κ3) is 1.53. The lowest BCUT2D eigenvalue weighted by atomic mass is 10.1. The maximum absolute atomic E-state index is 13.6. The average molecular weight is 210 g/mol. The van der Waals surface area contributed by atoms with Gasteiger partial charge in [0.1, 0.15) is 5.69 Å². The molecule has 2 aromatic rings. The monoisotopic (exact) mass is 210 g/mol. The van der Waals surface area contributed by atoms with Crippen LogP contribution < -0.4 is 0 Å². The van der Waals surface area contributed by atoms with E-state index in [1.54, 1.807) is 18.2 Å². The Bertz CT molecular complexity index is 397. The van der Waals surface area contributed by atoms with Crippen LogP contribution in [0.2, 0.25) is 0 Å². The van der Waals surface area contributed by atoms with E-state index >= 15 is 0 Å². The van der Waals surface area contributed by atoms with Gasteiger partial charge >= 0.3 is 5.92 Å². The van der Waals surface area contributed by atoms with Gasteiger partial charge in [0, 0.05) is 10.9 Å². The molecule has 4 heteroatoms. The van der Waals surface area contributed by atoms with Crippen molar-refractivity contribution in [3.8, 4) is 0 Å². The minimum Gasteiger partial charge on any atom is -0.232 e. The molecule has 0 saturated heterocycles. The van der Waals surface area contributed by atoms with Crippen molar-refractivity contribution >= 4 is 11.3 Å². The summed E-state index contributed by atoms with van der Waals surface area (Å²) in [6, 6.07) is 7.64. The van der Waals surface area contributed by atoms with Gasteiger partial charge < -0.3 is 0 Å². The molecule has 0 saturated carbocycles. The molecule has 2 rings (SSSR count). The second kappa shape index (κ2) is 3.46. The van der Waals surface area contributed by atoms with Crippen LogP contribution in [0.5, 0.6) is 0 Å².